The van der Waals surface area contributed by atoms with Crippen LogP contribution in [-0.4, -0.2) is 43.5 Å². The Morgan fingerprint density at radius 3 is 2.45 bits per heavy atom. The lowest BCUT2D eigenvalue weighted by molar-refractivity contribution is -0.120. The molecule has 5 nitrogen and oxygen atoms in total. The van der Waals surface area contributed by atoms with Crippen LogP contribution >= 0.6 is 0 Å². The number of amides is 1. The van der Waals surface area contributed by atoms with Gasteiger partial charge in [-0.2, -0.15) is 4.31 Å². The minimum Gasteiger partial charge on any atom is -0.354 e. The molecule has 0 atom stereocenters. The lowest BCUT2D eigenvalue weighted by Gasteiger charge is -2.33. The minimum absolute atomic E-state index is 0.0617. The molecule has 0 bridgehead atoms. The van der Waals surface area contributed by atoms with Gasteiger partial charge < -0.3 is 5.32 Å². The van der Waals surface area contributed by atoms with Crippen molar-refractivity contribution in [2.45, 2.75) is 32.7 Å². The van der Waals surface area contributed by atoms with Crippen LogP contribution in [0.15, 0.2) is 24.3 Å². The number of benzene rings is 1. The largest absolute Gasteiger partial charge is 0.354 e. The SMILES string of the molecule is CC(C)(C)N(CCNC(=O)Cc1cccc(F)c1)S(C)(=O)=O. The Bertz CT molecular complexity index is 624. The van der Waals surface area contributed by atoms with Crippen molar-refractivity contribution in [3.63, 3.8) is 0 Å². The highest BCUT2D eigenvalue weighted by Gasteiger charge is 2.28. The Balaban J connectivity index is 2.54. The van der Waals surface area contributed by atoms with Crippen molar-refractivity contribution in [2.75, 3.05) is 19.3 Å². The fourth-order valence-corrected chi connectivity index (χ4v) is 3.61. The molecule has 0 heterocycles. The molecule has 1 aromatic carbocycles. The molecule has 0 aliphatic carbocycles. The van der Waals surface area contributed by atoms with Gasteiger partial charge in [-0.25, -0.2) is 12.8 Å². The van der Waals surface area contributed by atoms with Gasteiger partial charge in [0.1, 0.15) is 5.82 Å². The first-order valence-electron chi connectivity index (χ1n) is 6.99. The van der Waals surface area contributed by atoms with Crippen molar-refractivity contribution >= 4 is 15.9 Å². The normalized spacial score (nSPS) is 12.5. The van der Waals surface area contributed by atoms with Crippen LogP contribution in [0.2, 0.25) is 0 Å². The summed E-state index contributed by atoms with van der Waals surface area (Å²) in [6, 6.07) is 5.83. The van der Waals surface area contributed by atoms with E-state index in [0.29, 0.717) is 5.56 Å². The van der Waals surface area contributed by atoms with Gasteiger partial charge in [0.25, 0.3) is 0 Å². The molecule has 0 aliphatic heterocycles. The number of hydrogen-bond acceptors (Lipinski definition) is 3. The summed E-state index contributed by atoms with van der Waals surface area (Å²) < 4.78 is 37.9. The van der Waals surface area contributed by atoms with Gasteiger partial charge in [0.15, 0.2) is 0 Å². The number of carbonyl (C=O) groups is 1. The molecule has 0 aromatic heterocycles. The highest BCUT2D eigenvalue weighted by molar-refractivity contribution is 7.88. The first-order valence-corrected chi connectivity index (χ1v) is 8.84. The summed E-state index contributed by atoms with van der Waals surface area (Å²) in [5.74, 6) is -0.658. The van der Waals surface area contributed by atoms with Crippen LogP contribution in [0.25, 0.3) is 0 Å². The average molecular weight is 330 g/mol. The fourth-order valence-electron chi connectivity index (χ4n) is 2.19. The predicted octanol–water partition coefficient (Wildman–Crippen LogP) is 1.54. The van der Waals surface area contributed by atoms with E-state index in [-0.39, 0.29) is 31.2 Å². The fraction of sp³-hybridized carbons (Fsp3) is 0.533. The molecule has 124 valence electrons. The van der Waals surface area contributed by atoms with Crippen molar-refractivity contribution in [1.82, 2.24) is 9.62 Å². The lowest BCUT2D eigenvalue weighted by Crippen LogP contribution is -2.48. The van der Waals surface area contributed by atoms with Crippen LogP contribution in [0.4, 0.5) is 4.39 Å². The molecule has 0 saturated heterocycles. The number of carbonyl (C=O) groups excluding carboxylic acids is 1. The third-order valence-corrected chi connectivity index (χ3v) is 4.57. The highest BCUT2D eigenvalue weighted by atomic mass is 32.2. The molecule has 7 heteroatoms. The number of sulfonamides is 1. The van der Waals surface area contributed by atoms with E-state index in [2.05, 4.69) is 5.32 Å². The van der Waals surface area contributed by atoms with Crippen molar-refractivity contribution in [3.05, 3.63) is 35.6 Å². The average Bonchev–Trinajstić information content (AvgIpc) is 2.31. The first kappa shape index (κ1) is 18.6. The van der Waals surface area contributed by atoms with E-state index in [1.54, 1.807) is 32.9 Å². The quantitative estimate of drug-likeness (QED) is 0.860. The zero-order valence-electron chi connectivity index (χ0n) is 13.4. The van der Waals surface area contributed by atoms with E-state index in [9.17, 15) is 17.6 Å². The summed E-state index contributed by atoms with van der Waals surface area (Å²) >= 11 is 0. The summed E-state index contributed by atoms with van der Waals surface area (Å²) in [4.78, 5) is 11.8. The van der Waals surface area contributed by atoms with Crippen LogP contribution in [0, 0.1) is 5.82 Å². The number of nitrogens with one attached hydrogen (secondary N) is 1. The topological polar surface area (TPSA) is 66.5 Å². The van der Waals surface area contributed by atoms with E-state index < -0.39 is 15.6 Å². The molecule has 1 aromatic rings. The van der Waals surface area contributed by atoms with Gasteiger partial charge in [0.2, 0.25) is 15.9 Å². The maximum atomic E-state index is 13.0. The van der Waals surface area contributed by atoms with Gasteiger partial charge in [-0.3, -0.25) is 4.79 Å². The number of rotatable bonds is 6. The smallest absolute Gasteiger partial charge is 0.224 e. The standard InChI is InChI=1S/C15H23FN2O3S/c1-15(2,3)18(22(4,20)21)9-8-17-14(19)11-12-6-5-7-13(16)10-12/h5-7,10H,8-9,11H2,1-4H3,(H,17,19). The van der Waals surface area contributed by atoms with Crippen LogP contribution in [0.1, 0.15) is 26.3 Å². The predicted molar refractivity (Wildman–Crippen MR) is 84.4 cm³/mol. The van der Waals surface area contributed by atoms with Crippen LogP contribution < -0.4 is 5.32 Å². The second-order valence-electron chi connectivity index (χ2n) is 6.16. The van der Waals surface area contributed by atoms with E-state index in [0.717, 1.165) is 6.26 Å². The summed E-state index contributed by atoms with van der Waals surface area (Å²) in [6.07, 6.45) is 1.21. The Morgan fingerprint density at radius 2 is 1.95 bits per heavy atom. The van der Waals surface area contributed by atoms with Crippen molar-refractivity contribution in [1.29, 1.82) is 0 Å². The molecule has 0 aliphatic rings. The van der Waals surface area contributed by atoms with Crippen molar-refractivity contribution in [2.24, 2.45) is 0 Å². The van der Waals surface area contributed by atoms with Gasteiger partial charge in [0, 0.05) is 18.6 Å². The van der Waals surface area contributed by atoms with Crippen LogP contribution in [-0.2, 0) is 21.2 Å². The zero-order chi connectivity index (χ0) is 17.0. The second kappa shape index (κ2) is 7.19. The Morgan fingerprint density at radius 1 is 1.32 bits per heavy atom. The molecule has 1 rings (SSSR count). The number of nitrogens with zero attached hydrogens (tertiary/aromatic N) is 1. The third-order valence-electron chi connectivity index (χ3n) is 3.04. The van der Waals surface area contributed by atoms with Gasteiger partial charge in [-0.15, -0.1) is 0 Å². The van der Waals surface area contributed by atoms with Gasteiger partial charge in [-0.1, -0.05) is 12.1 Å². The molecule has 1 N–H and O–H groups in total. The molecular weight excluding hydrogens is 307 g/mol. The summed E-state index contributed by atoms with van der Waals surface area (Å²) in [5.41, 5.74) is 0.0224. The van der Waals surface area contributed by atoms with E-state index in [4.69, 9.17) is 0 Å². The molecule has 0 radical (unpaired) electrons. The molecule has 0 unspecified atom stereocenters. The molecule has 22 heavy (non-hydrogen) atoms. The van der Waals surface area contributed by atoms with E-state index in [1.807, 2.05) is 0 Å². The highest BCUT2D eigenvalue weighted by Crippen LogP contribution is 2.16. The Hall–Kier alpha value is -1.47. The summed E-state index contributed by atoms with van der Waals surface area (Å²) in [7, 11) is -3.35. The maximum Gasteiger partial charge on any atom is 0.224 e. The Labute approximate surface area is 131 Å². The third kappa shape index (κ3) is 6.11. The zero-order valence-corrected chi connectivity index (χ0v) is 14.2. The van der Waals surface area contributed by atoms with E-state index >= 15 is 0 Å². The van der Waals surface area contributed by atoms with Crippen LogP contribution in [0.5, 0.6) is 0 Å². The van der Waals surface area contributed by atoms with Gasteiger partial charge in [0.05, 0.1) is 12.7 Å². The van der Waals surface area contributed by atoms with Crippen molar-refractivity contribution < 1.29 is 17.6 Å². The monoisotopic (exact) mass is 330 g/mol. The van der Waals surface area contributed by atoms with Gasteiger partial charge >= 0.3 is 0 Å². The molecular formula is C15H23FN2O3S. The second-order valence-corrected chi connectivity index (χ2v) is 8.07. The molecule has 0 fully saturated rings. The van der Waals surface area contributed by atoms with Crippen LogP contribution in [0.3, 0.4) is 0 Å². The summed E-state index contributed by atoms with van der Waals surface area (Å²) in [6.45, 7) is 5.78. The van der Waals surface area contributed by atoms with E-state index in [1.165, 1.54) is 16.4 Å². The molecule has 0 saturated carbocycles. The number of hydrogen-bond donors (Lipinski definition) is 1. The lowest BCUT2D eigenvalue weighted by atomic mass is 10.1. The molecule has 0 spiro atoms. The molecule has 1 amide bonds. The Kier molecular flexibility index (Phi) is 6.08. The minimum atomic E-state index is -3.35. The number of halogens is 1. The van der Waals surface area contributed by atoms with Crippen molar-refractivity contribution in [3.8, 4) is 0 Å². The first-order chi connectivity index (χ1) is 10.00. The summed E-state index contributed by atoms with van der Waals surface area (Å²) in [5, 5.41) is 2.66. The van der Waals surface area contributed by atoms with Gasteiger partial charge in [-0.05, 0) is 38.5 Å². The maximum absolute atomic E-state index is 13.0.